The van der Waals surface area contributed by atoms with Crippen molar-refractivity contribution in [3.63, 3.8) is 0 Å². The number of aromatic amines is 1. The lowest BCUT2D eigenvalue weighted by atomic mass is 9.99. The van der Waals surface area contributed by atoms with Gasteiger partial charge in [-0.2, -0.15) is 9.97 Å². The average Bonchev–Trinajstić information content (AvgIpc) is 3.52. The van der Waals surface area contributed by atoms with E-state index in [-0.39, 0.29) is 31.5 Å². The molecule has 3 aliphatic rings. The highest BCUT2D eigenvalue weighted by Crippen LogP contribution is 2.37. The molecule has 218 valence electrons. The van der Waals surface area contributed by atoms with Crippen molar-refractivity contribution in [2.45, 2.75) is 45.2 Å². The number of aryl methyl sites for hydroxylation is 1. The van der Waals surface area contributed by atoms with Crippen LogP contribution in [0.1, 0.15) is 28.8 Å². The van der Waals surface area contributed by atoms with Crippen LogP contribution in [0.15, 0.2) is 31.0 Å². The Labute approximate surface area is 238 Å². The zero-order valence-electron chi connectivity index (χ0n) is 23.9. The number of hydrogen-bond donors (Lipinski definition) is 1. The average molecular weight is 566 g/mol. The van der Waals surface area contributed by atoms with Crippen LogP contribution < -0.4 is 14.5 Å². The monoisotopic (exact) mass is 565 g/mol. The van der Waals surface area contributed by atoms with Gasteiger partial charge < -0.3 is 24.4 Å². The molecule has 1 aromatic carbocycles. The number of carbonyl (C=O) groups excluding carboxylic acids is 1. The summed E-state index contributed by atoms with van der Waals surface area (Å²) in [7, 11) is 1.70. The number of aromatic nitrogens is 3. The highest BCUT2D eigenvalue weighted by molar-refractivity contribution is 5.95. The van der Waals surface area contributed by atoms with Gasteiger partial charge in [-0.15, -0.1) is 0 Å². The van der Waals surface area contributed by atoms with E-state index >= 15 is 0 Å². The Kier molecular flexibility index (Phi) is 7.09. The Balaban J connectivity index is 1.31. The van der Waals surface area contributed by atoms with Gasteiger partial charge in [0.05, 0.1) is 18.8 Å². The number of likely N-dealkylation sites (tertiary alicyclic amines) is 1. The van der Waals surface area contributed by atoms with E-state index in [0.717, 1.165) is 35.6 Å². The number of alkyl halides is 2. The van der Waals surface area contributed by atoms with Crippen LogP contribution in [-0.4, -0.2) is 95.5 Å². The van der Waals surface area contributed by atoms with Crippen molar-refractivity contribution in [1.82, 2.24) is 24.8 Å². The molecule has 0 spiro atoms. The molecule has 1 N–H and O–H groups in total. The molecule has 11 heteroatoms. The summed E-state index contributed by atoms with van der Waals surface area (Å²) < 4.78 is 34.0. The molecular weight excluding hydrogens is 528 g/mol. The zero-order chi connectivity index (χ0) is 28.9. The third-order valence-corrected chi connectivity index (χ3v) is 8.79. The standard InChI is InChI=1S/C30H37F2N7O2/c1-5-26(40)37-10-12-38(13-11-37)28-23-7-9-39(27-20(3)19(2)14-24-22(27)6-8-33-24)16-25(23)34-29(35-28)41-17-21-15-30(31,32)18-36(21)4/h5-6,8,14,21,33H,1,7,9-13,15-18H2,2-4H3/t21-/m1/s1. The van der Waals surface area contributed by atoms with Crippen LogP contribution in [0.4, 0.5) is 20.3 Å². The number of ether oxygens (including phenoxy) is 1. The van der Waals surface area contributed by atoms with E-state index in [0.29, 0.717) is 32.7 Å². The molecule has 1 amide bonds. The number of rotatable bonds is 6. The van der Waals surface area contributed by atoms with E-state index in [4.69, 9.17) is 14.7 Å². The third kappa shape index (κ3) is 5.23. The molecule has 2 aromatic heterocycles. The fourth-order valence-corrected chi connectivity index (χ4v) is 6.42. The normalized spacial score (nSPS) is 20.9. The number of fused-ring (bicyclic) bond motifs is 2. The molecule has 3 aliphatic heterocycles. The molecular formula is C30H37F2N7O2. The van der Waals surface area contributed by atoms with Gasteiger partial charge >= 0.3 is 6.01 Å². The highest BCUT2D eigenvalue weighted by Gasteiger charge is 2.43. The quantitative estimate of drug-likeness (QED) is 0.457. The van der Waals surface area contributed by atoms with Gasteiger partial charge in [-0.3, -0.25) is 9.69 Å². The van der Waals surface area contributed by atoms with E-state index in [1.807, 2.05) is 6.20 Å². The number of hydrogen-bond acceptors (Lipinski definition) is 7. The summed E-state index contributed by atoms with van der Waals surface area (Å²) in [6.07, 6.45) is 3.83. The van der Waals surface area contributed by atoms with Crippen LogP contribution in [0, 0.1) is 13.8 Å². The topological polar surface area (TPSA) is 80.8 Å². The first-order chi connectivity index (χ1) is 19.6. The molecule has 5 heterocycles. The summed E-state index contributed by atoms with van der Waals surface area (Å²) >= 11 is 0. The van der Waals surface area contributed by atoms with Crippen LogP contribution in [0.2, 0.25) is 0 Å². The van der Waals surface area contributed by atoms with Crippen LogP contribution in [0.25, 0.3) is 10.9 Å². The summed E-state index contributed by atoms with van der Waals surface area (Å²) in [4.78, 5) is 33.2. The lowest BCUT2D eigenvalue weighted by Gasteiger charge is -2.38. The number of H-pyrrole nitrogens is 1. The van der Waals surface area contributed by atoms with Gasteiger partial charge in [0.25, 0.3) is 5.92 Å². The van der Waals surface area contributed by atoms with Crippen molar-refractivity contribution in [2.75, 3.05) is 62.7 Å². The molecule has 6 rings (SSSR count). The molecule has 0 bridgehead atoms. The molecule has 0 unspecified atom stereocenters. The second-order valence-electron chi connectivity index (χ2n) is 11.5. The van der Waals surface area contributed by atoms with Gasteiger partial charge in [0.1, 0.15) is 12.4 Å². The number of piperazine rings is 1. The number of carbonyl (C=O) groups is 1. The Morgan fingerprint density at radius 3 is 2.68 bits per heavy atom. The van der Waals surface area contributed by atoms with Crippen molar-refractivity contribution < 1.29 is 18.3 Å². The number of benzene rings is 1. The van der Waals surface area contributed by atoms with Crippen molar-refractivity contribution >= 4 is 28.3 Å². The smallest absolute Gasteiger partial charge is 0.318 e. The number of halogens is 2. The predicted molar refractivity (Wildman–Crippen MR) is 155 cm³/mol. The Bertz CT molecular complexity index is 1480. The number of nitrogens with zero attached hydrogens (tertiary/aromatic N) is 6. The van der Waals surface area contributed by atoms with E-state index < -0.39 is 12.0 Å². The van der Waals surface area contributed by atoms with Crippen molar-refractivity contribution in [1.29, 1.82) is 0 Å². The number of nitrogens with one attached hydrogen (secondary N) is 1. The largest absolute Gasteiger partial charge is 0.462 e. The molecule has 9 nitrogen and oxygen atoms in total. The van der Waals surface area contributed by atoms with Crippen LogP contribution >= 0.6 is 0 Å². The van der Waals surface area contributed by atoms with Crippen LogP contribution in [-0.2, 0) is 17.8 Å². The summed E-state index contributed by atoms with van der Waals surface area (Å²) in [5.41, 5.74) is 6.72. The second-order valence-corrected chi connectivity index (χ2v) is 11.5. The first kappa shape index (κ1) is 27.4. The van der Waals surface area contributed by atoms with Crippen molar-refractivity contribution in [3.8, 4) is 6.01 Å². The Hall–Kier alpha value is -3.73. The number of likely N-dealkylation sites (N-methyl/N-ethyl adjacent to an activating group) is 1. The maximum atomic E-state index is 14.0. The fraction of sp³-hybridized carbons (Fsp3) is 0.500. The second kappa shape index (κ2) is 10.6. The first-order valence-corrected chi connectivity index (χ1v) is 14.2. The molecule has 2 fully saturated rings. The summed E-state index contributed by atoms with van der Waals surface area (Å²) in [6, 6.07) is 4.10. The maximum absolute atomic E-state index is 14.0. The molecule has 2 saturated heterocycles. The van der Waals surface area contributed by atoms with Crippen molar-refractivity contribution in [2.24, 2.45) is 0 Å². The first-order valence-electron chi connectivity index (χ1n) is 14.2. The van der Waals surface area contributed by atoms with Gasteiger partial charge in [0.15, 0.2) is 0 Å². The molecule has 0 radical (unpaired) electrons. The van der Waals surface area contributed by atoms with Gasteiger partial charge in [0.2, 0.25) is 5.91 Å². The lowest BCUT2D eigenvalue weighted by Crippen LogP contribution is -2.49. The van der Waals surface area contributed by atoms with E-state index in [9.17, 15) is 13.6 Å². The van der Waals surface area contributed by atoms with Crippen molar-refractivity contribution in [3.05, 3.63) is 53.4 Å². The van der Waals surface area contributed by atoms with E-state index in [1.165, 1.54) is 28.3 Å². The Morgan fingerprint density at radius 1 is 1.20 bits per heavy atom. The highest BCUT2D eigenvalue weighted by atomic mass is 19.3. The minimum Gasteiger partial charge on any atom is -0.462 e. The summed E-state index contributed by atoms with van der Waals surface area (Å²) in [5, 5.41) is 1.18. The SMILES string of the molecule is C=CC(=O)N1CCN(c2nc(OC[C@H]3CC(F)(F)CN3C)nc3c2CCN(c2c(C)c(C)cc4[nH]ccc24)C3)CC1. The molecule has 1 atom stereocenters. The van der Waals surface area contributed by atoms with Gasteiger partial charge in [-0.05, 0) is 56.7 Å². The molecule has 0 saturated carbocycles. The van der Waals surface area contributed by atoms with Crippen LogP contribution in [0.5, 0.6) is 6.01 Å². The molecule has 41 heavy (non-hydrogen) atoms. The number of amides is 1. The predicted octanol–water partition coefficient (Wildman–Crippen LogP) is 3.69. The molecule has 3 aromatic rings. The maximum Gasteiger partial charge on any atom is 0.318 e. The Morgan fingerprint density at radius 2 is 1.98 bits per heavy atom. The van der Waals surface area contributed by atoms with Gasteiger partial charge in [0, 0.05) is 73.5 Å². The van der Waals surface area contributed by atoms with Gasteiger partial charge in [-0.25, -0.2) is 8.78 Å². The fourth-order valence-electron chi connectivity index (χ4n) is 6.42. The van der Waals surface area contributed by atoms with E-state index in [2.05, 4.69) is 47.3 Å². The zero-order valence-corrected chi connectivity index (χ0v) is 23.9. The minimum absolute atomic E-state index is 0.0730. The number of anilines is 2. The van der Waals surface area contributed by atoms with E-state index in [1.54, 1.807) is 16.8 Å². The summed E-state index contributed by atoms with van der Waals surface area (Å²) in [6.45, 7) is 11.5. The molecule has 0 aliphatic carbocycles. The summed E-state index contributed by atoms with van der Waals surface area (Å²) in [5.74, 6) is -1.98. The lowest BCUT2D eigenvalue weighted by molar-refractivity contribution is -0.126. The van der Waals surface area contributed by atoms with Crippen LogP contribution in [0.3, 0.4) is 0 Å². The van der Waals surface area contributed by atoms with Gasteiger partial charge in [-0.1, -0.05) is 6.58 Å². The third-order valence-electron chi connectivity index (χ3n) is 8.79. The minimum atomic E-state index is -2.72.